The van der Waals surface area contributed by atoms with Gasteiger partial charge in [0.25, 0.3) is 0 Å². The van der Waals surface area contributed by atoms with Crippen LogP contribution < -0.4 is 5.90 Å². The van der Waals surface area contributed by atoms with Crippen LogP contribution in [0.3, 0.4) is 0 Å². The average molecular weight is 260 g/mol. The first-order valence-electron chi connectivity index (χ1n) is 5.95. The molecule has 0 aromatic carbocycles. The molecule has 0 aliphatic heterocycles. The molecule has 0 bridgehead atoms. The summed E-state index contributed by atoms with van der Waals surface area (Å²) < 4.78 is 5.20. The smallest absolute Gasteiger partial charge is 0.410 e. The first kappa shape index (κ1) is 16.7. The van der Waals surface area contributed by atoms with Gasteiger partial charge in [0, 0.05) is 7.05 Å². The lowest BCUT2D eigenvalue weighted by Crippen LogP contribution is -2.46. The number of nitrogens with zero attached hydrogens (tertiary/aromatic N) is 1. The van der Waals surface area contributed by atoms with Crippen LogP contribution in [0.4, 0.5) is 4.79 Å². The highest BCUT2D eigenvalue weighted by atomic mass is 16.7. The summed E-state index contributed by atoms with van der Waals surface area (Å²) in [5, 5.41) is 0. The van der Waals surface area contributed by atoms with Crippen LogP contribution in [0.5, 0.6) is 0 Å². The van der Waals surface area contributed by atoms with E-state index in [1.54, 1.807) is 20.8 Å². The summed E-state index contributed by atoms with van der Waals surface area (Å²) in [5.74, 6) is 4.47. The van der Waals surface area contributed by atoms with Gasteiger partial charge in [-0.3, -0.25) is 4.90 Å². The molecule has 0 aromatic rings. The Morgan fingerprint density at radius 3 is 2.11 bits per heavy atom. The monoisotopic (exact) mass is 260 g/mol. The maximum atomic E-state index is 11.9. The van der Waals surface area contributed by atoms with Crippen LogP contribution in [0.1, 0.15) is 41.0 Å². The maximum absolute atomic E-state index is 11.9. The van der Waals surface area contributed by atoms with E-state index in [4.69, 9.17) is 10.6 Å². The molecular weight excluding hydrogens is 236 g/mol. The van der Waals surface area contributed by atoms with E-state index in [1.165, 1.54) is 11.9 Å². The zero-order chi connectivity index (χ0) is 14.5. The summed E-state index contributed by atoms with van der Waals surface area (Å²) in [6.07, 6.45) is -0.107. The first-order chi connectivity index (χ1) is 8.08. The van der Waals surface area contributed by atoms with Crippen molar-refractivity contribution < 1.29 is 19.2 Å². The summed E-state index contributed by atoms with van der Waals surface area (Å²) in [5.41, 5.74) is -0.611. The number of nitrogens with two attached hydrogens (primary N) is 1. The fourth-order valence-electron chi connectivity index (χ4n) is 1.40. The SMILES string of the molecule is CC(C)C[C@@H](C(=O)ON)N(C)C(=O)OC(C)(C)C. The van der Waals surface area contributed by atoms with Gasteiger partial charge in [0.1, 0.15) is 11.6 Å². The molecule has 0 rings (SSSR count). The Bertz CT molecular complexity index is 297. The number of carbonyl (C=O) groups excluding carboxylic acids is 2. The van der Waals surface area contributed by atoms with Crippen molar-refractivity contribution in [1.29, 1.82) is 0 Å². The molecule has 18 heavy (non-hydrogen) atoms. The summed E-state index contributed by atoms with van der Waals surface area (Å²) in [4.78, 5) is 28.9. The van der Waals surface area contributed by atoms with E-state index in [1.807, 2.05) is 13.8 Å². The zero-order valence-corrected chi connectivity index (χ0v) is 12.0. The molecule has 0 fully saturated rings. The van der Waals surface area contributed by atoms with Crippen LogP contribution in [0.15, 0.2) is 0 Å². The first-order valence-corrected chi connectivity index (χ1v) is 5.95. The van der Waals surface area contributed by atoms with E-state index in [0.717, 1.165) is 0 Å². The fourth-order valence-corrected chi connectivity index (χ4v) is 1.40. The van der Waals surface area contributed by atoms with Crippen molar-refractivity contribution in [2.75, 3.05) is 7.05 Å². The third-order valence-corrected chi connectivity index (χ3v) is 2.23. The maximum Gasteiger partial charge on any atom is 0.410 e. The molecular formula is C12H24N2O4. The van der Waals surface area contributed by atoms with Crippen LogP contribution in [0, 0.1) is 5.92 Å². The van der Waals surface area contributed by atoms with Gasteiger partial charge in [-0.05, 0) is 33.1 Å². The Morgan fingerprint density at radius 1 is 1.28 bits per heavy atom. The molecule has 0 heterocycles. The zero-order valence-electron chi connectivity index (χ0n) is 12.0. The largest absolute Gasteiger partial charge is 0.444 e. The van der Waals surface area contributed by atoms with Crippen LogP contribution in [-0.2, 0) is 14.4 Å². The minimum Gasteiger partial charge on any atom is -0.444 e. The quantitative estimate of drug-likeness (QED) is 0.778. The van der Waals surface area contributed by atoms with Gasteiger partial charge in [-0.1, -0.05) is 13.8 Å². The van der Waals surface area contributed by atoms with E-state index >= 15 is 0 Å². The normalized spacial score (nSPS) is 13.1. The number of ether oxygens (including phenoxy) is 1. The van der Waals surface area contributed by atoms with Crippen LogP contribution in [-0.4, -0.2) is 35.7 Å². The van der Waals surface area contributed by atoms with Crippen molar-refractivity contribution >= 4 is 12.1 Å². The Morgan fingerprint density at radius 2 is 1.78 bits per heavy atom. The number of amides is 1. The molecule has 1 amide bonds. The van der Waals surface area contributed by atoms with Gasteiger partial charge in [-0.25, -0.2) is 9.59 Å². The van der Waals surface area contributed by atoms with Gasteiger partial charge in [-0.15, -0.1) is 0 Å². The molecule has 0 saturated carbocycles. The van der Waals surface area contributed by atoms with Crippen molar-refractivity contribution in [1.82, 2.24) is 4.90 Å². The highest BCUT2D eigenvalue weighted by molar-refractivity contribution is 5.81. The third kappa shape index (κ3) is 5.86. The van der Waals surface area contributed by atoms with E-state index < -0.39 is 23.7 Å². The van der Waals surface area contributed by atoms with Crippen LogP contribution in [0.2, 0.25) is 0 Å². The van der Waals surface area contributed by atoms with E-state index in [2.05, 4.69) is 4.84 Å². The van der Waals surface area contributed by atoms with Crippen molar-refractivity contribution in [3.8, 4) is 0 Å². The van der Waals surface area contributed by atoms with E-state index in [0.29, 0.717) is 6.42 Å². The number of rotatable bonds is 4. The second-order valence-electron chi connectivity index (χ2n) is 5.67. The molecule has 6 heteroatoms. The molecule has 0 unspecified atom stereocenters. The van der Waals surface area contributed by atoms with Crippen molar-refractivity contribution in [3.05, 3.63) is 0 Å². The minimum atomic E-state index is -0.732. The lowest BCUT2D eigenvalue weighted by Gasteiger charge is -2.29. The Kier molecular flexibility index (Phi) is 6.11. The number of hydrogen-bond donors (Lipinski definition) is 1. The van der Waals surface area contributed by atoms with Gasteiger partial charge in [0.05, 0.1) is 0 Å². The molecule has 0 saturated heterocycles. The number of hydrogen-bond acceptors (Lipinski definition) is 5. The van der Waals surface area contributed by atoms with Gasteiger partial charge in [0.15, 0.2) is 0 Å². The van der Waals surface area contributed by atoms with Gasteiger partial charge in [-0.2, -0.15) is 5.90 Å². The number of likely N-dealkylation sites (N-methyl/N-ethyl adjacent to an activating group) is 1. The molecule has 0 radical (unpaired) electrons. The molecule has 0 aromatic heterocycles. The van der Waals surface area contributed by atoms with Crippen molar-refractivity contribution in [2.24, 2.45) is 11.8 Å². The van der Waals surface area contributed by atoms with Crippen LogP contribution in [0.25, 0.3) is 0 Å². The van der Waals surface area contributed by atoms with Gasteiger partial charge < -0.3 is 9.57 Å². The predicted molar refractivity (Wildman–Crippen MR) is 67.5 cm³/mol. The van der Waals surface area contributed by atoms with Crippen molar-refractivity contribution in [2.45, 2.75) is 52.7 Å². The lowest BCUT2D eigenvalue weighted by atomic mass is 10.0. The lowest BCUT2D eigenvalue weighted by molar-refractivity contribution is -0.150. The molecule has 0 aliphatic rings. The molecule has 2 N–H and O–H groups in total. The summed E-state index contributed by atoms with van der Waals surface area (Å²) in [7, 11) is 1.50. The van der Waals surface area contributed by atoms with Crippen LogP contribution >= 0.6 is 0 Å². The Balaban J connectivity index is 4.79. The highest BCUT2D eigenvalue weighted by Gasteiger charge is 2.31. The fraction of sp³-hybridized carbons (Fsp3) is 0.833. The third-order valence-electron chi connectivity index (χ3n) is 2.23. The minimum absolute atomic E-state index is 0.221. The van der Waals surface area contributed by atoms with Gasteiger partial charge >= 0.3 is 12.1 Å². The highest BCUT2D eigenvalue weighted by Crippen LogP contribution is 2.15. The van der Waals surface area contributed by atoms with E-state index in [-0.39, 0.29) is 5.92 Å². The van der Waals surface area contributed by atoms with Crippen molar-refractivity contribution in [3.63, 3.8) is 0 Å². The number of carbonyl (C=O) groups is 2. The average Bonchev–Trinajstić information content (AvgIpc) is 2.21. The molecule has 106 valence electrons. The standard InChI is InChI=1S/C12H24N2O4/c1-8(2)7-9(10(15)18-13)14(6)11(16)17-12(3,4)5/h8-9H,7,13H2,1-6H3/t9-/m0/s1. The Labute approximate surface area is 108 Å². The van der Waals surface area contributed by atoms with E-state index in [9.17, 15) is 9.59 Å². The molecule has 0 aliphatic carbocycles. The van der Waals surface area contributed by atoms with Gasteiger partial charge in [0.2, 0.25) is 0 Å². The molecule has 1 atom stereocenters. The Hall–Kier alpha value is -1.30. The summed E-state index contributed by atoms with van der Waals surface area (Å²) >= 11 is 0. The second-order valence-corrected chi connectivity index (χ2v) is 5.67. The summed E-state index contributed by atoms with van der Waals surface area (Å²) in [6.45, 7) is 9.17. The topological polar surface area (TPSA) is 81.9 Å². The summed E-state index contributed by atoms with van der Waals surface area (Å²) in [6, 6.07) is -0.732. The molecule has 6 nitrogen and oxygen atoms in total. The molecule has 0 spiro atoms. The predicted octanol–water partition coefficient (Wildman–Crippen LogP) is 1.68. The second kappa shape index (κ2) is 6.58.